The third-order valence-electron chi connectivity index (χ3n) is 6.96. The van der Waals surface area contributed by atoms with Gasteiger partial charge < -0.3 is 34.8 Å². The van der Waals surface area contributed by atoms with Gasteiger partial charge in [-0.05, 0) is 40.3 Å². The number of rotatable bonds is 8. The summed E-state index contributed by atoms with van der Waals surface area (Å²) >= 11 is 0. The van der Waals surface area contributed by atoms with Gasteiger partial charge in [0.15, 0.2) is 0 Å². The summed E-state index contributed by atoms with van der Waals surface area (Å²) in [7, 11) is 5.82. The summed E-state index contributed by atoms with van der Waals surface area (Å²) in [6, 6.07) is 6.68. The second-order valence-corrected chi connectivity index (χ2v) is 10.0. The van der Waals surface area contributed by atoms with Gasteiger partial charge in [-0.3, -0.25) is 14.8 Å². The molecule has 4 rings (SSSR count). The standard InChI is InChI=1S/C25H33N5O4.C2H2O4/c1-16-20(25(31)34-15-9-14-28(2)3)21(18-12-7-8-13-19(18)30(32)33)22-23(17-10-5-6-11-17)27-29(4)24(22)26-16;3-1(4)2(5)6/h7-8,12-13,17,21,26H,5-6,9-11,14-15H2,1-4H3;(H,3,4)(H,5,6)/p-2. The van der Waals surface area contributed by atoms with Crippen molar-refractivity contribution in [1.29, 1.82) is 0 Å². The van der Waals surface area contributed by atoms with Gasteiger partial charge in [-0.1, -0.05) is 31.0 Å². The molecule has 1 aliphatic carbocycles. The molecule has 1 atom stereocenters. The Morgan fingerprint density at radius 1 is 1.15 bits per heavy atom. The van der Waals surface area contributed by atoms with Gasteiger partial charge in [0.2, 0.25) is 0 Å². The molecule has 216 valence electrons. The third-order valence-corrected chi connectivity index (χ3v) is 6.96. The van der Waals surface area contributed by atoms with Gasteiger partial charge in [0.25, 0.3) is 5.69 Å². The summed E-state index contributed by atoms with van der Waals surface area (Å²) < 4.78 is 7.48. The van der Waals surface area contributed by atoms with Crippen LogP contribution in [0.15, 0.2) is 35.5 Å². The van der Waals surface area contributed by atoms with Crippen molar-refractivity contribution in [3.8, 4) is 0 Å². The number of carboxylic acids is 2. The second kappa shape index (κ2) is 13.2. The number of para-hydroxylation sites is 1. The van der Waals surface area contributed by atoms with Crippen molar-refractivity contribution >= 4 is 29.4 Å². The number of carboxylic acid groups (broad SMARTS) is 2. The zero-order chi connectivity index (χ0) is 29.6. The lowest BCUT2D eigenvalue weighted by molar-refractivity contribution is -0.385. The Kier molecular flexibility index (Phi) is 9.99. The van der Waals surface area contributed by atoms with Gasteiger partial charge >= 0.3 is 5.97 Å². The molecule has 0 radical (unpaired) electrons. The van der Waals surface area contributed by atoms with Crippen molar-refractivity contribution in [3.05, 3.63) is 62.5 Å². The number of aromatic nitrogens is 2. The van der Waals surface area contributed by atoms with Crippen LogP contribution >= 0.6 is 0 Å². The van der Waals surface area contributed by atoms with Gasteiger partial charge in [-0.25, -0.2) is 4.79 Å². The number of aryl methyl sites for hydroxylation is 1. The van der Waals surface area contributed by atoms with Crippen molar-refractivity contribution in [1.82, 2.24) is 14.7 Å². The molecule has 1 N–H and O–H groups in total. The van der Waals surface area contributed by atoms with Crippen LogP contribution in [0.5, 0.6) is 0 Å². The first kappa shape index (κ1) is 30.3. The van der Waals surface area contributed by atoms with Crippen LogP contribution in [0.2, 0.25) is 0 Å². The molecular formula is C27H33N5O8-2. The number of hydrogen-bond donors (Lipinski definition) is 1. The van der Waals surface area contributed by atoms with Crippen LogP contribution in [0.25, 0.3) is 0 Å². The molecule has 40 heavy (non-hydrogen) atoms. The number of benzene rings is 1. The van der Waals surface area contributed by atoms with E-state index < -0.39 is 23.8 Å². The Bertz CT molecular complexity index is 1300. The Morgan fingerprint density at radius 3 is 2.35 bits per heavy atom. The van der Waals surface area contributed by atoms with E-state index in [9.17, 15) is 14.9 Å². The van der Waals surface area contributed by atoms with Gasteiger partial charge in [0, 0.05) is 42.4 Å². The Labute approximate surface area is 231 Å². The number of anilines is 1. The highest BCUT2D eigenvalue weighted by molar-refractivity contribution is 6.25. The zero-order valence-electron chi connectivity index (χ0n) is 23.0. The number of nitro benzene ring substituents is 1. The number of nitrogens with one attached hydrogen (secondary N) is 1. The number of fused-ring (bicyclic) bond motifs is 1. The smallest absolute Gasteiger partial charge is 0.336 e. The van der Waals surface area contributed by atoms with Gasteiger partial charge in [0.05, 0.1) is 40.7 Å². The minimum atomic E-state index is -2.19. The summed E-state index contributed by atoms with van der Waals surface area (Å²) in [6.45, 7) is 2.91. The molecule has 13 nitrogen and oxygen atoms in total. The van der Waals surface area contributed by atoms with E-state index in [0.717, 1.165) is 49.3 Å². The lowest BCUT2D eigenvalue weighted by Crippen LogP contribution is -2.42. The largest absolute Gasteiger partial charge is 0.543 e. The van der Waals surface area contributed by atoms with Crippen molar-refractivity contribution in [3.63, 3.8) is 0 Å². The number of hydrogen-bond acceptors (Lipinski definition) is 11. The number of nitrogens with zero attached hydrogens (tertiary/aromatic N) is 4. The van der Waals surface area contributed by atoms with Gasteiger partial charge in [-0.15, -0.1) is 0 Å². The van der Waals surface area contributed by atoms with Crippen LogP contribution in [0.4, 0.5) is 11.5 Å². The molecule has 0 spiro atoms. The molecule has 13 heteroatoms. The maximum absolute atomic E-state index is 13.4. The van der Waals surface area contributed by atoms with Crippen LogP contribution in [-0.4, -0.2) is 64.8 Å². The Balaban J connectivity index is 0.000000663. The van der Waals surface area contributed by atoms with E-state index in [1.54, 1.807) is 22.9 Å². The number of carbonyl (C=O) groups excluding carboxylic acids is 3. The van der Waals surface area contributed by atoms with Crippen LogP contribution in [0.3, 0.4) is 0 Å². The number of carbonyl (C=O) groups is 3. The lowest BCUT2D eigenvalue weighted by Gasteiger charge is -2.29. The summed E-state index contributed by atoms with van der Waals surface area (Å²) in [5, 5.41) is 38.0. The van der Waals surface area contributed by atoms with Crippen LogP contribution in [0.1, 0.15) is 67.7 Å². The molecule has 1 saturated carbocycles. The van der Waals surface area contributed by atoms with Gasteiger partial charge in [-0.2, -0.15) is 5.10 Å². The van der Waals surface area contributed by atoms with E-state index in [1.807, 2.05) is 33.0 Å². The van der Waals surface area contributed by atoms with Gasteiger partial charge in [0.1, 0.15) is 5.82 Å². The first-order chi connectivity index (χ1) is 18.9. The molecule has 1 unspecified atom stereocenters. The van der Waals surface area contributed by atoms with Crippen LogP contribution < -0.4 is 15.5 Å². The second-order valence-electron chi connectivity index (χ2n) is 10.0. The van der Waals surface area contributed by atoms with E-state index in [-0.39, 0.29) is 23.1 Å². The van der Waals surface area contributed by atoms with E-state index in [1.165, 1.54) is 6.07 Å². The summed E-state index contributed by atoms with van der Waals surface area (Å²) in [5.41, 5.74) is 3.31. The summed E-state index contributed by atoms with van der Waals surface area (Å²) in [6.07, 6.45) is 5.03. The molecule has 1 aromatic heterocycles. The highest BCUT2D eigenvalue weighted by Gasteiger charge is 2.42. The fourth-order valence-corrected chi connectivity index (χ4v) is 5.20. The maximum atomic E-state index is 13.4. The summed E-state index contributed by atoms with van der Waals surface area (Å²) in [5.74, 6) is -4.38. The first-order valence-electron chi connectivity index (χ1n) is 13.0. The molecular weight excluding hydrogens is 522 g/mol. The molecule has 2 aromatic rings. The fraction of sp³-hybridized carbons (Fsp3) is 0.481. The third kappa shape index (κ3) is 6.84. The molecule has 2 heterocycles. The Morgan fingerprint density at radius 2 is 1.77 bits per heavy atom. The average Bonchev–Trinajstić information content (AvgIpc) is 3.54. The molecule has 1 aromatic carbocycles. The van der Waals surface area contributed by atoms with Crippen molar-refractivity contribution in [2.24, 2.45) is 7.05 Å². The normalized spacial score (nSPS) is 16.6. The predicted molar refractivity (Wildman–Crippen MR) is 140 cm³/mol. The van der Waals surface area contributed by atoms with Crippen LogP contribution in [-0.2, 0) is 26.2 Å². The SMILES string of the molecule is CC1=C(C(=O)OCCCN(C)C)C(c2ccccc2[N+](=O)[O-])c2c(C3CCCC3)nn(C)c2N1.O=C([O-])C(=O)[O-]. The number of aliphatic carboxylic acids is 2. The predicted octanol–water partition coefficient (Wildman–Crippen LogP) is 0.798. The highest BCUT2D eigenvalue weighted by atomic mass is 16.6. The molecule has 1 fully saturated rings. The molecule has 1 aliphatic heterocycles. The quantitative estimate of drug-likeness (QED) is 0.160. The number of allylic oxidation sites excluding steroid dienone is 1. The first-order valence-corrected chi connectivity index (χ1v) is 13.0. The Hall–Kier alpha value is -4.26. The zero-order valence-corrected chi connectivity index (χ0v) is 23.0. The monoisotopic (exact) mass is 555 g/mol. The minimum absolute atomic E-state index is 0.00715. The summed E-state index contributed by atoms with van der Waals surface area (Å²) in [4.78, 5) is 44.9. The molecule has 2 aliphatic rings. The topological polar surface area (TPSA) is 183 Å². The lowest BCUT2D eigenvalue weighted by atomic mass is 9.79. The van der Waals surface area contributed by atoms with E-state index >= 15 is 0 Å². The van der Waals surface area contributed by atoms with Crippen molar-refractivity contribution < 1.29 is 34.3 Å². The van der Waals surface area contributed by atoms with Crippen molar-refractivity contribution in [2.75, 3.05) is 32.6 Å². The fourth-order valence-electron chi connectivity index (χ4n) is 5.20. The molecule has 0 bridgehead atoms. The minimum Gasteiger partial charge on any atom is -0.543 e. The highest BCUT2D eigenvalue weighted by Crippen LogP contribution is 2.49. The number of nitro groups is 1. The van der Waals surface area contributed by atoms with E-state index in [4.69, 9.17) is 29.6 Å². The van der Waals surface area contributed by atoms with Crippen LogP contribution in [0, 0.1) is 10.1 Å². The molecule has 0 saturated heterocycles. The van der Waals surface area contributed by atoms with E-state index in [2.05, 4.69) is 5.32 Å². The average molecular weight is 556 g/mol. The maximum Gasteiger partial charge on any atom is 0.336 e. The molecule has 0 amide bonds. The number of esters is 1. The van der Waals surface area contributed by atoms with Crippen molar-refractivity contribution in [2.45, 2.75) is 50.9 Å². The number of ether oxygens (including phenoxy) is 1. The van der Waals surface area contributed by atoms with E-state index in [0.29, 0.717) is 23.3 Å².